The van der Waals surface area contributed by atoms with Crippen LogP contribution in [0.3, 0.4) is 0 Å². The molecule has 0 bridgehead atoms. The first-order valence-corrected chi connectivity index (χ1v) is 10.8. The second kappa shape index (κ2) is 9.55. The quantitative estimate of drug-likeness (QED) is 0.397. The number of rotatable bonds is 7. The number of hydrogen-bond donors (Lipinski definition) is 1. The van der Waals surface area contributed by atoms with Gasteiger partial charge in [0.05, 0.1) is 11.1 Å². The maximum atomic E-state index is 13.4. The first-order chi connectivity index (χ1) is 16.6. The van der Waals surface area contributed by atoms with Gasteiger partial charge in [0.25, 0.3) is 0 Å². The van der Waals surface area contributed by atoms with Gasteiger partial charge in [-0.05, 0) is 43.5 Å². The molecule has 0 amide bonds. The minimum Gasteiger partial charge on any atom is -0.480 e. The molecule has 4 rings (SSSR count). The van der Waals surface area contributed by atoms with E-state index < -0.39 is 24.6 Å². The molecule has 0 aliphatic heterocycles. The molecule has 0 saturated heterocycles. The summed E-state index contributed by atoms with van der Waals surface area (Å²) in [6.45, 7) is 2.30. The van der Waals surface area contributed by atoms with Gasteiger partial charge in [0, 0.05) is 25.0 Å². The van der Waals surface area contributed by atoms with Crippen molar-refractivity contribution in [2.24, 2.45) is 0 Å². The number of hydrogen-bond acceptors (Lipinski definition) is 7. The topological polar surface area (TPSA) is 104 Å². The van der Waals surface area contributed by atoms with E-state index in [4.69, 9.17) is 21.1 Å². The Morgan fingerprint density at radius 1 is 1.17 bits per heavy atom. The predicted octanol–water partition coefficient (Wildman–Crippen LogP) is 4.26. The fraction of sp³-hybridized carbons (Fsp3) is 0.273. The van der Waals surface area contributed by atoms with E-state index in [0.717, 1.165) is 11.6 Å². The number of ether oxygens (including phenoxy) is 2. The molecule has 9 nitrogen and oxygen atoms in total. The molecule has 4 aromatic rings. The molecule has 13 heteroatoms. The van der Waals surface area contributed by atoms with Crippen LogP contribution in [0.2, 0.25) is 5.02 Å². The lowest BCUT2D eigenvalue weighted by Gasteiger charge is -2.20. The number of pyridine rings is 2. The van der Waals surface area contributed by atoms with Crippen LogP contribution in [0.5, 0.6) is 17.5 Å². The first kappa shape index (κ1) is 24.5. The molecule has 1 N–H and O–H groups in total. The largest absolute Gasteiger partial charge is 0.480 e. The number of halogens is 4. The van der Waals surface area contributed by atoms with Crippen molar-refractivity contribution in [3.05, 3.63) is 64.1 Å². The summed E-state index contributed by atoms with van der Waals surface area (Å²) < 4.78 is 53.4. The Balaban J connectivity index is 1.93. The Labute approximate surface area is 201 Å². The van der Waals surface area contributed by atoms with Crippen LogP contribution in [-0.4, -0.2) is 41.7 Å². The van der Waals surface area contributed by atoms with E-state index in [1.165, 1.54) is 41.2 Å². The molecule has 0 aliphatic carbocycles. The van der Waals surface area contributed by atoms with Crippen LogP contribution in [0.4, 0.5) is 13.2 Å². The van der Waals surface area contributed by atoms with Gasteiger partial charge in [0.15, 0.2) is 11.9 Å². The molecule has 3 aromatic heterocycles. The SMILES string of the molecule is CCn1c(CO)nn(-c2cc(OC(C)C(F)(F)F)c3c(Oc4ncccc4Cl)nccc3c2)c1=O. The minimum absolute atomic E-state index is 0.00133. The molecule has 35 heavy (non-hydrogen) atoms. The number of fused-ring (bicyclic) bond motifs is 1. The Morgan fingerprint density at radius 3 is 2.54 bits per heavy atom. The molecule has 1 unspecified atom stereocenters. The lowest BCUT2D eigenvalue weighted by Crippen LogP contribution is -2.31. The second-order valence-corrected chi connectivity index (χ2v) is 7.77. The maximum absolute atomic E-state index is 13.4. The van der Waals surface area contributed by atoms with Crippen molar-refractivity contribution < 1.29 is 27.8 Å². The monoisotopic (exact) mass is 509 g/mol. The number of aromatic nitrogens is 5. The zero-order valence-electron chi connectivity index (χ0n) is 18.5. The summed E-state index contributed by atoms with van der Waals surface area (Å²) in [5.41, 5.74) is -0.446. The molecule has 184 valence electrons. The molecular weight excluding hydrogens is 491 g/mol. The summed E-state index contributed by atoms with van der Waals surface area (Å²) in [4.78, 5) is 21.0. The highest BCUT2D eigenvalue weighted by Crippen LogP contribution is 2.39. The van der Waals surface area contributed by atoms with Crippen LogP contribution in [0.25, 0.3) is 16.5 Å². The third-order valence-electron chi connectivity index (χ3n) is 5.10. The Bertz CT molecular complexity index is 1440. The van der Waals surface area contributed by atoms with E-state index in [1.54, 1.807) is 13.0 Å². The van der Waals surface area contributed by atoms with E-state index in [9.17, 15) is 23.1 Å². The number of aliphatic hydroxyl groups is 1. The summed E-state index contributed by atoms with van der Waals surface area (Å²) in [5, 5.41) is 14.3. The van der Waals surface area contributed by atoms with Crippen molar-refractivity contribution in [1.29, 1.82) is 0 Å². The number of alkyl halides is 3. The van der Waals surface area contributed by atoms with Gasteiger partial charge in [-0.25, -0.2) is 14.8 Å². The summed E-state index contributed by atoms with van der Waals surface area (Å²) >= 11 is 6.11. The van der Waals surface area contributed by atoms with E-state index in [2.05, 4.69) is 15.1 Å². The van der Waals surface area contributed by atoms with Gasteiger partial charge >= 0.3 is 11.9 Å². The van der Waals surface area contributed by atoms with Gasteiger partial charge in [-0.3, -0.25) is 4.57 Å². The third-order valence-corrected chi connectivity index (χ3v) is 5.39. The molecule has 0 saturated carbocycles. The van der Waals surface area contributed by atoms with Crippen molar-refractivity contribution in [2.75, 3.05) is 0 Å². The zero-order chi connectivity index (χ0) is 25.3. The first-order valence-electron chi connectivity index (χ1n) is 10.4. The molecule has 1 atom stereocenters. The van der Waals surface area contributed by atoms with Crippen LogP contribution >= 0.6 is 11.6 Å². The van der Waals surface area contributed by atoms with Crippen LogP contribution in [-0.2, 0) is 13.2 Å². The number of aliphatic hydroxyl groups excluding tert-OH is 1. The Hall–Kier alpha value is -3.64. The molecular formula is C22H19ClF3N5O4. The summed E-state index contributed by atoms with van der Waals surface area (Å²) in [5.74, 6) is -0.242. The predicted molar refractivity (Wildman–Crippen MR) is 120 cm³/mol. The van der Waals surface area contributed by atoms with E-state index in [-0.39, 0.29) is 46.0 Å². The molecule has 0 aliphatic rings. The lowest BCUT2D eigenvalue weighted by atomic mass is 10.1. The van der Waals surface area contributed by atoms with Crippen LogP contribution in [0.1, 0.15) is 19.7 Å². The highest BCUT2D eigenvalue weighted by molar-refractivity contribution is 6.31. The fourth-order valence-corrected chi connectivity index (χ4v) is 3.52. The Kier molecular flexibility index (Phi) is 6.68. The summed E-state index contributed by atoms with van der Waals surface area (Å²) in [6, 6.07) is 7.39. The molecule has 0 radical (unpaired) electrons. The minimum atomic E-state index is -4.67. The second-order valence-electron chi connectivity index (χ2n) is 7.37. The summed E-state index contributed by atoms with van der Waals surface area (Å²) in [6.07, 6.45) is -4.05. The fourth-order valence-electron chi connectivity index (χ4n) is 3.36. The van der Waals surface area contributed by atoms with Gasteiger partial charge < -0.3 is 14.6 Å². The zero-order valence-corrected chi connectivity index (χ0v) is 19.2. The van der Waals surface area contributed by atoms with Crippen molar-refractivity contribution in [1.82, 2.24) is 24.3 Å². The van der Waals surface area contributed by atoms with Gasteiger partial charge in [-0.1, -0.05) is 11.6 Å². The molecule has 0 fully saturated rings. The summed E-state index contributed by atoms with van der Waals surface area (Å²) in [7, 11) is 0. The molecule has 0 spiro atoms. The van der Waals surface area contributed by atoms with Gasteiger partial charge in [-0.15, -0.1) is 5.10 Å². The van der Waals surface area contributed by atoms with Crippen molar-refractivity contribution >= 4 is 22.4 Å². The van der Waals surface area contributed by atoms with E-state index in [0.29, 0.717) is 5.39 Å². The third kappa shape index (κ3) is 4.80. The number of benzene rings is 1. The molecule has 3 heterocycles. The highest BCUT2D eigenvalue weighted by Gasteiger charge is 2.38. The van der Waals surface area contributed by atoms with E-state index in [1.807, 2.05) is 0 Å². The lowest BCUT2D eigenvalue weighted by molar-refractivity contribution is -0.189. The molecule has 1 aromatic carbocycles. The average Bonchev–Trinajstić information content (AvgIpc) is 3.15. The van der Waals surface area contributed by atoms with Gasteiger partial charge in [-0.2, -0.15) is 17.9 Å². The van der Waals surface area contributed by atoms with Crippen LogP contribution < -0.4 is 15.2 Å². The van der Waals surface area contributed by atoms with Crippen molar-refractivity contribution in [3.63, 3.8) is 0 Å². The highest BCUT2D eigenvalue weighted by atomic mass is 35.5. The average molecular weight is 510 g/mol. The normalized spacial score (nSPS) is 12.7. The van der Waals surface area contributed by atoms with Crippen molar-refractivity contribution in [3.8, 4) is 23.2 Å². The smallest absolute Gasteiger partial charge is 0.425 e. The van der Waals surface area contributed by atoms with Gasteiger partial charge in [0.1, 0.15) is 17.4 Å². The van der Waals surface area contributed by atoms with E-state index >= 15 is 0 Å². The maximum Gasteiger partial charge on any atom is 0.425 e. The standard InChI is InChI=1S/C22H19ClF3N5O4/c1-3-30-17(11-32)29-31(21(30)33)14-9-13-6-8-28-20(35-19-15(23)5-4-7-27-19)18(13)16(10-14)34-12(2)22(24,25)26/h4-10,12,32H,3,11H2,1-2H3. The number of nitrogens with zero attached hydrogens (tertiary/aromatic N) is 5. The van der Waals surface area contributed by atoms with Crippen LogP contribution in [0.15, 0.2) is 47.5 Å². The van der Waals surface area contributed by atoms with Crippen LogP contribution in [0, 0.1) is 0 Å². The Morgan fingerprint density at radius 2 is 1.91 bits per heavy atom. The van der Waals surface area contributed by atoms with Crippen molar-refractivity contribution in [2.45, 2.75) is 39.3 Å². The van der Waals surface area contributed by atoms with Gasteiger partial charge in [0.2, 0.25) is 11.8 Å².